The molecule has 1 aliphatic carbocycles. The first kappa shape index (κ1) is 14.1. The van der Waals surface area contributed by atoms with Gasteiger partial charge in [-0.25, -0.2) is 9.59 Å². The average molecular weight is 374 g/mol. The molecule has 0 bridgehead atoms. The fourth-order valence-corrected chi connectivity index (χ4v) is 2.66. The highest BCUT2D eigenvalue weighted by Crippen LogP contribution is 2.26. The van der Waals surface area contributed by atoms with Crippen molar-refractivity contribution in [1.82, 2.24) is 5.32 Å². The highest BCUT2D eigenvalue weighted by atomic mass is 127. The maximum Gasteiger partial charge on any atom is 0.337 e. The molecule has 1 aromatic rings. The van der Waals surface area contributed by atoms with Crippen LogP contribution in [0.4, 0.5) is 10.5 Å². The minimum atomic E-state index is -1.05. The summed E-state index contributed by atoms with van der Waals surface area (Å²) in [5.74, 6) is -0.399. The van der Waals surface area contributed by atoms with E-state index in [1.165, 1.54) is 6.07 Å². The molecular weight excluding hydrogens is 359 g/mol. The second-order valence-corrected chi connectivity index (χ2v) is 6.11. The standard InChI is InChI=1S/C13H15IN2O3/c1-7-4-9(5-7)15-13(19)16-11-3-2-8(14)6-10(11)12(17)18/h2-3,6-7,9H,4-5H2,1H3,(H,17,18)(H2,15,16,19). The van der Waals surface area contributed by atoms with E-state index >= 15 is 0 Å². The van der Waals surface area contributed by atoms with Crippen molar-refractivity contribution in [3.8, 4) is 0 Å². The van der Waals surface area contributed by atoms with Gasteiger partial charge < -0.3 is 15.7 Å². The third-order valence-corrected chi connectivity index (χ3v) is 3.84. The Morgan fingerprint density at radius 1 is 1.37 bits per heavy atom. The van der Waals surface area contributed by atoms with Crippen molar-refractivity contribution in [1.29, 1.82) is 0 Å². The zero-order chi connectivity index (χ0) is 14.0. The van der Waals surface area contributed by atoms with Crippen LogP contribution in [0.25, 0.3) is 0 Å². The quantitative estimate of drug-likeness (QED) is 0.712. The number of amides is 2. The summed E-state index contributed by atoms with van der Waals surface area (Å²) in [6.07, 6.45) is 1.96. The fourth-order valence-electron chi connectivity index (χ4n) is 2.17. The molecule has 0 atom stereocenters. The fraction of sp³-hybridized carbons (Fsp3) is 0.385. The molecule has 1 aliphatic rings. The summed E-state index contributed by atoms with van der Waals surface area (Å²) in [4.78, 5) is 22.9. The molecule has 2 amide bonds. The summed E-state index contributed by atoms with van der Waals surface area (Å²) in [6, 6.07) is 4.75. The molecule has 1 saturated carbocycles. The van der Waals surface area contributed by atoms with E-state index in [0.717, 1.165) is 16.4 Å². The third kappa shape index (κ3) is 3.59. The molecule has 5 nitrogen and oxygen atoms in total. The number of nitrogens with one attached hydrogen (secondary N) is 2. The van der Waals surface area contributed by atoms with Crippen molar-refractivity contribution in [2.24, 2.45) is 5.92 Å². The second kappa shape index (κ2) is 5.77. The van der Waals surface area contributed by atoms with E-state index in [2.05, 4.69) is 17.6 Å². The van der Waals surface area contributed by atoms with Gasteiger partial charge in [0.2, 0.25) is 0 Å². The molecule has 0 heterocycles. The van der Waals surface area contributed by atoms with E-state index in [1.807, 2.05) is 22.6 Å². The van der Waals surface area contributed by atoms with Crippen LogP contribution >= 0.6 is 22.6 Å². The van der Waals surface area contributed by atoms with Crippen LogP contribution in [0.15, 0.2) is 18.2 Å². The Balaban J connectivity index is 2.02. The van der Waals surface area contributed by atoms with Crippen molar-refractivity contribution < 1.29 is 14.7 Å². The van der Waals surface area contributed by atoms with Gasteiger partial charge in [-0.1, -0.05) is 6.92 Å². The number of aromatic carboxylic acids is 1. The van der Waals surface area contributed by atoms with Gasteiger partial charge in [-0.3, -0.25) is 0 Å². The minimum absolute atomic E-state index is 0.101. The number of halogens is 1. The maximum atomic E-state index is 11.8. The van der Waals surface area contributed by atoms with Gasteiger partial charge in [-0.05, 0) is 59.5 Å². The van der Waals surface area contributed by atoms with Gasteiger partial charge in [0, 0.05) is 9.61 Å². The number of rotatable bonds is 3. The first-order valence-electron chi connectivity index (χ1n) is 6.06. The van der Waals surface area contributed by atoms with Crippen molar-refractivity contribution >= 4 is 40.3 Å². The molecule has 3 N–H and O–H groups in total. The molecule has 0 unspecified atom stereocenters. The Morgan fingerprint density at radius 3 is 2.63 bits per heavy atom. The van der Waals surface area contributed by atoms with E-state index in [9.17, 15) is 9.59 Å². The van der Waals surface area contributed by atoms with Crippen LogP contribution in [-0.2, 0) is 0 Å². The van der Waals surface area contributed by atoms with E-state index < -0.39 is 5.97 Å². The van der Waals surface area contributed by atoms with Crippen molar-refractivity contribution in [3.05, 3.63) is 27.3 Å². The molecule has 1 aromatic carbocycles. The Morgan fingerprint density at radius 2 is 2.05 bits per heavy atom. The number of carbonyl (C=O) groups is 2. The summed E-state index contributed by atoms with van der Waals surface area (Å²) in [7, 11) is 0. The lowest BCUT2D eigenvalue weighted by molar-refractivity contribution is 0.0698. The Bertz CT molecular complexity index is 513. The van der Waals surface area contributed by atoms with E-state index in [0.29, 0.717) is 11.6 Å². The number of anilines is 1. The zero-order valence-electron chi connectivity index (χ0n) is 10.4. The summed E-state index contributed by atoms with van der Waals surface area (Å²) < 4.78 is 0.814. The first-order chi connectivity index (χ1) is 8.95. The van der Waals surface area contributed by atoms with E-state index in [-0.39, 0.29) is 17.6 Å². The third-order valence-electron chi connectivity index (χ3n) is 3.17. The smallest absolute Gasteiger partial charge is 0.337 e. The highest BCUT2D eigenvalue weighted by molar-refractivity contribution is 14.1. The Kier molecular flexibility index (Phi) is 4.28. The second-order valence-electron chi connectivity index (χ2n) is 4.87. The molecule has 2 rings (SSSR count). The van der Waals surface area contributed by atoms with Gasteiger partial charge in [0.15, 0.2) is 0 Å². The van der Waals surface area contributed by atoms with E-state index in [1.54, 1.807) is 12.1 Å². The first-order valence-corrected chi connectivity index (χ1v) is 7.14. The van der Waals surface area contributed by atoms with Gasteiger partial charge in [0.25, 0.3) is 0 Å². The average Bonchev–Trinajstić information content (AvgIpc) is 2.29. The molecule has 6 heteroatoms. The molecule has 102 valence electrons. The SMILES string of the molecule is CC1CC(NC(=O)Nc2ccc(I)cc2C(=O)O)C1. The van der Waals surface area contributed by atoms with Crippen LogP contribution < -0.4 is 10.6 Å². The number of urea groups is 1. The molecule has 0 saturated heterocycles. The lowest BCUT2D eigenvalue weighted by atomic mass is 9.82. The number of carboxylic acid groups (broad SMARTS) is 1. The van der Waals surface area contributed by atoms with Crippen LogP contribution in [0.2, 0.25) is 0 Å². The molecule has 19 heavy (non-hydrogen) atoms. The van der Waals surface area contributed by atoms with Gasteiger partial charge in [0.1, 0.15) is 0 Å². The molecule has 0 radical (unpaired) electrons. The zero-order valence-corrected chi connectivity index (χ0v) is 12.6. The molecule has 0 aromatic heterocycles. The maximum absolute atomic E-state index is 11.8. The molecule has 0 aliphatic heterocycles. The van der Waals surface area contributed by atoms with Crippen molar-refractivity contribution in [2.75, 3.05) is 5.32 Å². The molecule has 1 fully saturated rings. The largest absolute Gasteiger partial charge is 0.478 e. The minimum Gasteiger partial charge on any atom is -0.478 e. The van der Waals surface area contributed by atoms with Crippen LogP contribution in [0.5, 0.6) is 0 Å². The van der Waals surface area contributed by atoms with Crippen LogP contribution in [0.1, 0.15) is 30.1 Å². The van der Waals surface area contributed by atoms with Gasteiger partial charge in [-0.2, -0.15) is 0 Å². The van der Waals surface area contributed by atoms with Gasteiger partial charge in [0.05, 0.1) is 11.3 Å². The van der Waals surface area contributed by atoms with Crippen molar-refractivity contribution in [2.45, 2.75) is 25.8 Å². The number of hydrogen-bond donors (Lipinski definition) is 3. The van der Waals surface area contributed by atoms with Crippen LogP contribution in [0, 0.1) is 9.49 Å². The number of hydrogen-bond acceptors (Lipinski definition) is 2. The van der Waals surface area contributed by atoms with Gasteiger partial charge in [-0.15, -0.1) is 0 Å². The summed E-state index contributed by atoms with van der Waals surface area (Å²) in [5.41, 5.74) is 0.418. The van der Waals surface area contributed by atoms with Crippen molar-refractivity contribution in [3.63, 3.8) is 0 Å². The van der Waals surface area contributed by atoms with Gasteiger partial charge >= 0.3 is 12.0 Å². The topological polar surface area (TPSA) is 78.4 Å². The number of benzene rings is 1. The predicted octanol–water partition coefficient (Wildman–Crippen LogP) is 2.91. The Hall–Kier alpha value is -1.31. The highest BCUT2D eigenvalue weighted by Gasteiger charge is 2.26. The summed E-state index contributed by atoms with van der Waals surface area (Å²) in [5, 5.41) is 14.5. The summed E-state index contributed by atoms with van der Waals surface area (Å²) >= 11 is 2.03. The monoisotopic (exact) mass is 374 g/mol. The van der Waals surface area contributed by atoms with Crippen LogP contribution in [-0.4, -0.2) is 23.1 Å². The molecular formula is C13H15IN2O3. The lowest BCUT2D eigenvalue weighted by Crippen LogP contribution is -2.45. The normalized spacial score (nSPS) is 21.4. The number of carboxylic acids is 1. The predicted molar refractivity (Wildman–Crippen MR) is 80.5 cm³/mol. The summed E-state index contributed by atoms with van der Waals surface area (Å²) in [6.45, 7) is 2.14. The molecule has 0 spiro atoms. The number of carbonyl (C=O) groups excluding carboxylic acids is 1. The van der Waals surface area contributed by atoms with E-state index in [4.69, 9.17) is 5.11 Å². The van der Waals surface area contributed by atoms with Crippen LogP contribution in [0.3, 0.4) is 0 Å². The Labute approximate surface area is 124 Å². The lowest BCUT2D eigenvalue weighted by Gasteiger charge is -2.33.